The maximum absolute atomic E-state index is 2.61. The molecule has 0 saturated heterocycles. The Morgan fingerprint density at radius 1 is 0.214 bits per heavy atom. The van der Waals surface area contributed by atoms with E-state index >= 15 is 0 Å². The van der Waals surface area contributed by atoms with Crippen LogP contribution >= 0.6 is 23.5 Å². The third-order valence-corrected chi connectivity index (χ3v) is 21.4. The molecule has 0 radical (unpaired) electrons. The Morgan fingerprint density at radius 2 is 0.548 bits per heavy atom. The molecule has 0 N–H and O–H groups in total. The van der Waals surface area contributed by atoms with Gasteiger partial charge < -0.3 is 4.90 Å². The van der Waals surface area contributed by atoms with E-state index in [0.717, 1.165) is 22.6 Å². The van der Waals surface area contributed by atoms with Crippen LogP contribution in [-0.4, -0.2) is 0 Å². The minimum atomic E-state index is -0.565. The zero-order valence-corrected chi connectivity index (χ0v) is 47.3. The molecule has 5 aliphatic rings. The third-order valence-electron chi connectivity index (χ3n) is 19.1. The van der Waals surface area contributed by atoms with E-state index in [-0.39, 0.29) is 0 Å². The topological polar surface area (TPSA) is 3.24 Å². The van der Waals surface area contributed by atoms with Gasteiger partial charge in [0.05, 0.1) is 21.9 Å². The zero-order valence-electron chi connectivity index (χ0n) is 45.7. The molecule has 1 nitrogen and oxygen atoms in total. The van der Waals surface area contributed by atoms with Crippen LogP contribution in [0.15, 0.2) is 329 Å². The van der Waals surface area contributed by atoms with E-state index in [2.05, 4.69) is 314 Å². The summed E-state index contributed by atoms with van der Waals surface area (Å²) < 4.78 is 0. The minimum Gasteiger partial charge on any atom is -0.310 e. The lowest BCUT2D eigenvalue weighted by molar-refractivity contribution is 0.721. The van der Waals surface area contributed by atoms with Crippen LogP contribution in [0.4, 0.5) is 17.1 Å². The van der Waals surface area contributed by atoms with Crippen LogP contribution in [0.25, 0.3) is 44.5 Å². The Morgan fingerprint density at radius 3 is 1.01 bits per heavy atom. The van der Waals surface area contributed by atoms with Gasteiger partial charge in [-0.15, -0.1) is 0 Å². The molecule has 0 aromatic heterocycles. The molecule has 2 aliphatic heterocycles. The second-order valence-electron chi connectivity index (χ2n) is 22.8. The van der Waals surface area contributed by atoms with Gasteiger partial charge in [-0.1, -0.05) is 278 Å². The lowest BCUT2D eigenvalue weighted by Gasteiger charge is -2.40. The molecule has 0 fully saturated rings. The average Bonchev–Trinajstić information content (AvgIpc) is 1.58. The third kappa shape index (κ3) is 6.27. The van der Waals surface area contributed by atoms with Crippen molar-refractivity contribution in [2.45, 2.75) is 35.8 Å². The van der Waals surface area contributed by atoms with Gasteiger partial charge in [0.15, 0.2) is 0 Å². The summed E-state index contributed by atoms with van der Waals surface area (Å²) in [6, 6.07) is 118. The quantitative estimate of drug-likeness (QED) is 0.163. The standard InChI is InChI=1S/C81H51NS2/c1-3-24-52(25-4-1)79(53-26-5-2-6-27-53)65-35-13-9-31-62(65)78-61(32-23-40-70(78)79)60-30-10-18-41-73(60)82(54-46-48-58-56-28-7-11-33-63(56)80(71(58)50-54)66-36-14-19-42-74(66)83-75-43-20-15-37-67(75)80)55-47-49-59-57-29-8-12-34-64(57)81(72(59)51-55)68-38-16-21-44-76(68)84-77-45-22-17-39-69(77)81/h1-51H. The van der Waals surface area contributed by atoms with Crippen molar-refractivity contribution >= 4 is 40.6 Å². The summed E-state index contributed by atoms with van der Waals surface area (Å²) >= 11 is 3.79. The highest BCUT2D eigenvalue weighted by Crippen LogP contribution is 2.66. The van der Waals surface area contributed by atoms with Crippen LogP contribution in [0.2, 0.25) is 0 Å². The Bertz CT molecular complexity index is 4560. The molecule has 3 aliphatic carbocycles. The lowest BCUT2D eigenvalue weighted by Crippen LogP contribution is -2.32. The van der Waals surface area contributed by atoms with E-state index in [0.29, 0.717) is 0 Å². The molecular formula is C81H51NS2. The molecule has 3 heteroatoms. The zero-order chi connectivity index (χ0) is 55.1. The van der Waals surface area contributed by atoms with Gasteiger partial charge in [0.2, 0.25) is 0 Å². The highest BCUT2D eigenvalue weighted by molar-refractivity contribution is 7.99. The summed E-state index contributed by atoms with van der Waals surface area (Å²) in [5.41, 5.74) is 27.2. The SMILES string of the molecule is c1ccc(C2(c3ccccc3)c3ccccc3-c3c(-c4ccccc4N(c4ccc5c(c4)C4(c6ccccc6Sc6ccccc64)c4ccccc4-5)c4ccc5c(c4)C4(c6ccccc6Sc6ccccc64)c4ccccc4-5)cccc32)cc1. The van der Waals surface area contributed by atoms with Crippen LogP contribution in [0.5, 0.6) is 0 Å². The molecular weight excluding hydrogens is 1050 g/mol. The molecule has 84 heavy (non-hydrogen) atoms. The van der Waals surface area contributed by atoms with Crippen LogP contribution in [0.3, 0.4) is 0 Å². The molecule has 0 bridgehead atoms. The first-order valence-corrected chi connectivity index (χ1v) is 30.8. The van der Waals surface area contributed by atoms with Crippen molar-refractivity contribution in [1.29, 1.82) is 0 Å². The molecule has 0 amide bonds. The molecule has 0 atom stereocenters. The molecule has 2 heterocycles. The molecule has 2 spiro atoms. The number of rotatable bonds is 6. The number of benzene rings is 13. The number of nitrogens with zero attached hydrogens (tertiary/aromatic N) is 1. The maximum Gasteiger partial charge on any atom is 0.0736 e. The first-order chi connectivity index (χ1) is 41.7. The van der Waals surface area contributed by atoms with E-state index in [9.17, 15) is 0 Å². The van der Waals surface area contributed by atoms with E-state index in [1.165, 1.54) is 125 Å². The Kier molecular flexibility index (Phi) is 10.4. The second-order valence-corrected chi connectivity index (χ2v) is 25.0. The molecule has 392 valence electrons. The van der Waals surface area contributed by atoms with Gasteiger partial charge in [-0.2, -0.15) is 0 Å². The highest BCUT2D eigenvalue weighted by Gasteiger charge is 2.53. The Hall–Kier alpha value is -9.64. The molecule has 18 rings (SSSR count). The Balaban J connectivity index is 0.938. The summed E-state index contributed by atoms with van der Waals surface area (Å²) in [4.78, 5) is 7.78. The van der Waals surface area contributed by atoms with E-state index < -0.39 is 16.2 Å². The van der Waals surface area contributed by atoms with Gasteiger partial charge in [-0.3, -0.25) is 0 Å². The van der Waals surface area contributed by atoms with E-state index in [1.54, 1.807) is 0 Å². The fourth-order valence-electron chi connectivity index (χ4n) is 16.0. The molecule has 0 unspecified atom stereocenters. The van der Waals surface area contributed by atoms with Crippen LogP contribution in [-0.2, 0) is 16.2 Å². The van der Waals surface area contributed by atoms with Crippen molar-refractivity contribution in [3.8, 4) is 44.5 Å². The van der Waals surface area contributed by atoms with Gasteiger partial charge in [-0.05, 0) is 160 Å². The smallest absolute Gasteiger partial charge is 0.0736 e. The maximum atomic E-state index is 2.61. The summed E-state index contributed by atoms with van der Waals surface area (Å²) in [5.74, 6) is 0. The van der Waals surface area contributed by atoms with Gasteiger partial charge in [0.25, 0.3) is 0 Å². The summed E-state index contributed by atoms with van der Waals surface area (Å²) in [7, 11) is 0. The fraction of sp³-hybridized carbons (Fsp3) is 0.0370. The lowest BCUT2D eigenvalue weighted by atomic mass is 9.67. The highest BCUT2D eigenvalue weighted by atomic mass is 32.2. The van der Waals surface area contributed by atoms with Crippen LogP contribution in [0.1, 0.15) is 66.8 Å². The van der Waals surface area contributed by atoms with Crippen molar-refractivity contribution in [3.05, 3.63) is 376 Å². The number of hydrogen-bond donors (Lipinski definition) is 0. The largest absolute Gasteiger partial charge is 0.310 e. The first kappa shape index (κ1) is 47.9. The van der Waals surface area contributed by atoms with Crippen molar-refractivity contribution in [2.24, 2.45) is 0 Å². The van der Waals surface area contributed by atoms with Crippen molar-refractivity contribution in [3.63, 3.8) is 0 Å². The summed E-state index contributed by atoms with van der Waals surface area (Å²) in [5, 5.41) is 0. The average molecular weight is 1100 g/mol. The summed E-state index contributed by atoms with van der Waals surface area (Å²) in [6.45, 7) is 0. The van der Waals surface area contributed by atoms with E-state index in [4.69, 9.17) is 0 Å². The van der Waals surface area contributed by atoms with Gasteiger partial charge in [0, 0.05) is 36.5 Å². The minimum absolute atomic E-state index is 0.554. The van der Waals surface area contributed by atoms with Gasteiger partial charge in [-0.25, -0.2) is 0 Å². The molecule has 0 saturated carbocycles. The van der Waals surface area contributed by atoms with Crippen molar-refractivity contribution in [1.82, 2.24) is 0 Å². The fourth-order valence-corrected chi connectivity index (χ4v) is 18.4. The summed E-state index contributed by atoms with van der Waals surface area (Å²) in [6.07, 6.45) is 0. The predicted octanol–water partition coefficient (Wildman–Crippen LogP) is 20.8. The molecule has 13 aromatic rings. The van der Waals surface area contributed by atoms with Crippen LogP contribution < -0.4 is 4.90 Å². The Labute approximate surface area is 498 Å². The number of hydrogen-bond acceptors (Lipinski definition) is 3. The molecule has 13 aromatic carbocycles. The predicted molar refractivity (Wildman–Crippen MR) is 347 cm³/mol. The van der Waals surface area contributed by atoms with Crippen LogP contribution in [0, 0.1) is 0 Å². The van der Waals surface area contributed by atoms with Crippen molar-refractivity contribution < 1.29 is 0 Å². The van der Waals surface area contributed by atoms with Gasteiger partial charge in [0.1, 0.15) is 0 Å². The normalized spacial score (nSPS) is 14.9. The van der Waals surface area contributed by atoms with Gasteiger partial charge >= 0.3 is 0 Å². The number of fused-ring (bicyclic) bond motifs is 21. The van der Waals surface area contributed by atoms with E-state index in [1.807, 2.05) is 23.5 Å². The first-order valence-electron chi connectivity index (χ1n) is 29.1. The number of anilines is 3. The second kappa shape index (κ2) is 18.2. The van der Waals surface area contributed by atoms with Crippen molar-refractivity contribution in [2.75, 3.05) is 4.90 Å². The number of para-hydroxylation sites is 1. The monoisotopic (exact) mass is 1100 g/mol.